The number of fused-ring (bicyclic) bond motifs is 1. The molecule has 0 aliphatic carbocycles. The number of benzene rings is 3. The number of para-hydroxylation sites is 1. The Labute approximate surface area is 201 Å². The van der Waals surface area contributed by atoms with Gasteiger partial charge in [-0.2, -0.15) is 5.06 Å². The van der Waals surface area contributed by atoms with Crippen LogP contribution in [-0.4, -0.2) is 16.1 Å². The van der Waals surface area contributed by atoms with Gasteiger partial charge in [0.15, 0.2) is 5.76 Å². The summed E-state index contributed by atoms with van der Waals surface area (Å²) in [6, 6.07) is 24.1. The Bertz CT molecular complexity index is 1300. The lowest BCUT2D eigenvalue weighted by Crippen LogP contribution is -2.43. The highest BCUT2D eigenvalue weighted by Gasteiger charge is 2.49. The van der Waals surface area contributed by atoms with E-state index in [1.54, 1.807) is 6.07 Å². The summed E-state index contributed by atoms with van der Waals surface area (Å²) in [6.07, 6.45) is 1.48. The molecule has 5 nitrogen and oxygen atoms in total. The van der Waals surface area contributed by atoms with Crippen molar-refractivity contribution in [2.75, 3.05) is 0 Å². The van der Waals surface area contributed by atoms with E-state index in [0.29, 0.717) is 16.7 Å². The Hall–Kier alpha value is -2.71. The molecule has 1 aromatic heterocycles. The maximum Gasteiger partial charge on any atom is 0.281 e. The van der Waals surface area contributed by atoms with E-state index in [1.165, 1.54) is 6.08 Å². The minimum Gasteiger partial charge on any atom is -0.455 e. The van der Waals surface area contributed by atoms with Crippen LogP contribution < -0.4 is 0 Å². The molecule has 4 aromatic rings. The fourth-order valence-corrected chi connectivity index (χ4v) is 5.00. The molecule has 7 heteroatoms. The first-order chi connectivity index (χ1) is 15.4. The second-order valence-electron chi connectivity index (χ2n) is 7.45. The normalized spacial score (nSPS) is 18.4. The van der Waals surface area contributed by atoms with E-state index in [2.05, 4.69) is 31.9 Å². The predicted octanol–water partition coefficient (Wildman–Crippen LogP) is 6.16. The predicted molar refractivity (Wildman–Crippen MR) is 128 cm³/mol. The van der Waals surface area contributed by atoms with Gasteiger partial charge in [0.25, 0.3) is 5.91 Å². The molecule has 0 spiro atoms. The number of halogens is 2. The zero-order valence-corrected chi connectivity index (χ0v) is 19.8. The fraction of sp³-hybridized carbons (Fsp3) is 0.0800. The largest absolute Gasteiger partial charge is 0.455 e. The summed E-state index contributed by atoms with van der Waals surface area (Å²) in [5.74, 6) is -0.266. The van der Waals surface area contributed by atoms with Crippen LogP contribution in [0.1, 0.15) is 16.9 Å². The molecule has 2 heterocycles. The van der Waals surface area contributed by atoms with E-state index in [9.17, 15) is 9.90 Å². The van der Waals surface area contributed by atoms with Crippen molar-refractivity contribution in [1.29, 1.82) is 0 Å². The van der Waals surface area contributed by atoms with Crippen LogP contribution in [0.15, 0.2) is 98.3 Å². The first-order valence-corrected chi connectivity index (χ1v) is 11.4. The number of hydroxylamine groups is 2. The summed E-state index contributed by atoms with van der Waals surface area (Å²) < 4.78 is 7.53. The van der Waals surface area contributed by atoms with Crippen LogP contribution in [0, 0.1) is 0 Å². The minimum atomic E-state index is -1.91. The summed E-state index contributed by atoms with van der Waals surface area (Å²) in [4.78, 5) is 19.3. The molecule has 1 unspecified atom stereocenters. The third kappa shape index (κ3) is 3.82. The molecular weight excluding hydrogens is 538 g/mol. The molecule has 1 atom stereocenters. The van der Waals surface area contributed by atoms with Gasteiger partial charge in [0, 0.05) is 14.3 Å². The van der Waals surface area contributed by atoms with Crippen LogP contribution >= 0.6 is 31.9 Å². The van der Waals surface area contributed by atoms with Crippen molar-refractivity contribution in [2.45, 2.75) is 12.3 Å². The molecule has 0 saturated heterocycles. The van der Waals surface area contributed by atoms with Crippen molar-refractivity contribution < 1.29 is 19.2 Å². The van der Waals surface area contributed by atoms with Crippen molar-refractivity contribution >= 4 is 54.3 Å². The lowest BCUT2D eigenvalue weighted by molar-refractivity contribution is -0.267. The summed E-state index contributed by atoms with van der Waals surface area (Å²) in [5, 5.41) is 13.5. The molecule has 160 valence electrons. The van der Waals surface area contributed by atoms with Crippen LogP contribution in [0.25, 0.3) is 16.5 Å². The van der Waals surface area contributed by atoms with Gasteiger partial charge >= 0.3 is 0 Å². The van der Waals surface area contributed by atoms with Crippen LogP contribution in [0.4, 0.5) is 0 Å². The summed E-state index contributed by atoms with van der Waals surface area (Å²) in [5.41, 5.74) is 0.513. The third-order valence-electron chi connectivity index (χ3n) is 5.23. The zero-order valence-electron chi connectivity index (χ0n) is 16.7. The average Bonchev–Trinajstić information content (AvgIpc) is 3.32. The van der Waals surface area contributed by atoms with E-state index < -0.39 is 11.6 Å². The Morgan fingerprint density at radius 1 is 0.938 bits per heavy atom. The Kier molecular flexibility index (Phi) is 5.51. The Balaban J connectivity index is 1.59. The van der Waals surface area contributed by atoms with Crippen molar-refractivity contribution in [1.82, 2.24) is 5.06 Å². The first-order valence-electron chi connectivity index (χ1n) is 9.86. The Morgan fingerprint density at radius 3 is 2.34 bits per heavy atom. The first kappa shape index (κ1) is 21.2. The molecule has 0 fully saturated rings. The number of aliphatic hydroxyl groups is 1. The molecule has 0 saturated carbocycles. The second kappa shape index (κ2) is 8.33. The number of carbonyl (C=O) groups excluding carboxylic acids is 1. The quantitative estimate of drug-likeness (QED) is 0.321. The molecule has 3 aromatic carbocycles. The van der Waals surface area contributed by atoms with E-state index in [0.717, 1.165) is 25.0 Å². The molecule has 0 bridgehead atoms. The van der Waals surface area contributed by atoms with Crippen LogP contribution in [-0.2, 0) is 22.0 Å². The monoisotopic (exact) mass is 553 g/mol. The van der Waals surface area contributed by atoms with Gasteiger partial charge < -0.3 is 9.52 Å². The minimum absolute atomic E-state index is 0.110. The molecule has 1 aliphatic rings. The SMILES string of the molecule is O=C1C(c2cc(Br)cc(Br)c2)=CC(O)(c2cc3ccccc3o2)N1OCc1ccccc1. The van der Waals surface area contributed by atoms with Crippen molar-refractivity contribution in [3.63, 3.8) is 0 Å². The maximum atomic E-state index is 13.5. The number of hydrogen-bond donors (Lipinski definition) is 1. The third-order valence-corrected chi connectivity index (χ3v) is 6.15. The summed E-state index contributed by atoms with van der Waals surface area (Å²) in [7, 11) is 0. The van der Waals surface area contributed by atoms with Gasteiger partial charge in [0.1, 0.15) is 12.2 Å². The lowest BCUT2D eigenvalue weighted by Gasteiger charge is -2.29. The highest BCUT2D eigenvalue weighted by atomic mass is 79.9. The maximum absolute atomic E-state index is 13.5. The van der Waals surface area contributed by atoms with Gasteiger partial charge in [-0.1, -0.05) is 80.4 Å². The lowest BCUT2D eigenvalue weighted by atomic mass is 10.0. The smallest absolute Gasteiger partial charge is 0.281 e. The van der Waals surface area contributed by atoms with E-state index in [-0.39, 0.29) is 12.4 Å². The summed E-state index contributed by atoms with van der Waals surface area (Å²) in [6.45, 7) is 0.110. The number of amides is 1. The number of nitrogens with zero attached hydrogens (tertiary/aromatic N) is 1. The number of rotatable bonds is 5. The number of furan rings is 1. The molecule has 32 heavy (non-hydrogen) atoms. The van der Waals surface area contributed by atoms with Crippen molar-refractivity contribution in [2.24, 2.45) is 0 Å². The summed E-state index contributed by atoms with van der Waals surface area (Å²) >= 11 is 6.92. The highest BCUT2D eigenvalue weighted by molar-refractivity contribution is 9.11. The molecule has 1 aliphatic heterocycles. The van der Waals surface area contributed by atoms with Crippen LogP contribution in [0.2, 0.25) is 0 Å². The Morgan fingerprint density at radius 2 is 1.62 bits per heavy atom. The number of hydrogen-bond acceptors (Lipinski definition) is 4. The average molecular weight is 555 g/mol. The molecule has 1 N–H and O–H groups in total. The molecule has 0 radical (unpaired) electrons. The van der Waals surface area contributed by atoms with Gasteiger partial charge in [0.05, 0.1) is 5.57 Å². The fourth-order valence-electron chi connectivity index (χ4n) is 3.71. The van der Waals surface area contributed by atoms with E-state index in [4.69, 9.17) is 9.25 Å². The van der Waals surface area contributed by atoms with Gasteiger partial charge in [-0.05, 0) is 47.5 Å². The van der Waals surface area contributed by atoms with Crippen molar-refractivity contribution in [3.8, 4) is 0 Å². The van der Waals surface area contributed by atoms with Gasteiger partial charge in [0.2, 0.25) is 5.72 Å². The highest BCUT2D eigenvalue weighted by Crippen LogP contribution is 2.42. The zero-order chi connectivity index (χ0) is 22.3. The topological polar surface area (TPSA) is 62.9 Å². The molecule has 1 amide bonds. The molecular formula is C25H17Br2NO4. The second-order valence-corrected chi connectivity index (χ2v) is 9.28. The van der Waals surface area contributed by atoms with E-state index in [1.807, 2.05) is 72.8 Å². The standard InChI is InChI=1S/C25H17Br2NO4/c26-19-10-18(11-20(27)13-19)21-14-25(30,23-12-17-8-4-5-9-22(17)32-23)28(24(21)29)31-15-16-6-2-1-3-7-16/h1-14,30H,15H2. The van der Waals surface area contributed by atoms with E-state index >= 15 is 0 Å². The van der Waals surface area contributed by atoms with Gasteiger partial charge in [-0.15, -0.1) is 0 Å². The van der Waals surface area contributed by atoms with Crippen LogP contribution in [0.3, 0.4) is 0 Å². The van der Waals surface area contributed by atoms with Gasteiger partial charge in [-0.3, -0.25) is 9.63 Å². The van der Waals surface area contributed by atoms with Crippen LogP contribution in [0.5, 0.6) is 0 Å². The number of carbonyl (C=O) groups is 1. The molecule has 5 rings (SSSR count). The van der Waals surface area contributed by atoms with Crippen molar-refractivity contribution in [3.05, 3.63) is 111 Å². The van der Waals surface area contributed by atoms with Gasteiger partial charge in [-0.25, -0.2) is 0 Å².